The van der Waals surface area contributed by atoms with Crippen molar-refractivity contribution < 1.29 is 28.3 Å². The maximum absolute atomic E-state index is 14.2. The van der Waals surface area contributed by atoms with E-state index in [9.17, 15) is 14.4 Å². The van der Waals surface area contributed by atoms with Crippen molar-refractivity contribution in [3.05, 3.63) is 29.3 Å². The molecule has 10 heteroatoms. The third-order valence-corrected chi connectivity index (χ3v) is 17.2. The van der Waals surface area contributed by atoms with Crippen molar-refractivity contribution in [3.8, 4) is 5.75 Å². The van der Waals surface area contributed by atoms with Crippen molar-refractivity contribution in [2.45, 2.75) is 162 Å². The van der Waals surface area contributed by atoms with Crippen LogP contribution in [-0.2, 0) is 25.5 Å². The quantitative estimate of drug-likeness (QED) is 0.178. The van der Waals surface area contributed by atoms with E-state index in [1.807, 2.05) is 0 Å². The van der Waals surface area contributed by atoms with E-state index in [0.29, 0.717) is 41.9 Å². The lowest BCUT2D eigenvalue weighted by atomic mass is 9.71. The Labute approximate surface area is 291 Å². The summed E-state index contributed by atoms with van der Waals surface area (Å²) in [7, 11) is -0.953. The summed E-state index contributed by atoms with van der Waals surface area (Å²) in [6.07, 6.45) is 2.86. The molecule has 48 heavy (non-hydrogen) atoms. The van der Waals surface area contributed by atoms with Gasteiger partial charge in [0.1, 0.15) is 23.4 Å². The van der Waals surface area contributed by atoms with Gasteiger partial charge < -0.3 is 19.2 Å². The first-order valence-corrected chi connectivity index (χ1v) is 20.1. The fourth-order valence-electron chi connectivity index (χ4n) is 8.08. The summed E-state index contributed by atoms with van der Waals surface area (Å²) >= 11 is 0. The molecule has 0 radical (unpaired) electrons. The summed E-state index contributed by atoms with van der Waals surface area (Å²) in [6.45, 7) is 28.9. The Balaban J connectivity index is 2.10. The number of hydrogen-bond acceptors (Lipinski definition) is 7. The third kappa shape index (κ3) is 9.14. The number of methoxy groups -OCH3 is 1. The van der Waals surface area contributed by atoms with Crippen LogP contribution in [0.2, 0.25) is 16.6 Å². The summed E-state index contributed by atoms with van der Waals surface area (Å²) in [5.41, 5.74) is 5.94. The van der Waals surface area contributed by atoms with E-state index >= 15 is 0 Å². The van der Waals surface area contributed by atoms with Crippen molar-refractivity contribution in [1.29, 1.82) is 0 Å². The van der Waals surface area contributed by atoms with Crippen LogP contribution in [0.15, 0.2) is 18.2 Å². The Morgan fingerprint density at radius 3 is 2.02 bits per heavy atom. The lowest BCUT2D eigenvalue weighted by molar-refractivity contribution is -0.150. The number of ether oxygens (including phenoxy) is 2. The standard InChI is InChI=1S/C38H65N3O6Si/c1-24(2)48(25(3)4,26(5)6)47-30-19-27(18-28(21-30)29-22-37(10,11)38(12,13)23-29)20-32(39-35(44)46-36(7,8)9)33(42)41-17-15-16-31(40-41)34(43)45-14/h18-19,21,24-26,29,31-32,40H,15-17,20,22-23H2,1-14H3,(H,39,44)/t31-,32-/m0/s1. The lowest BCUT2D eigenvalue weighted by Gasteiger charge is -2.42. The minimum absolute atomic E-state index is 0.161. The van der Waals surface area contributed by atoms with Gasteiger partial charge in [-0.1, -0.05) is 75.3 Å². The fourth-order valence-corrected chi connectivity index (χ4v) is 13.3. The third-order valence-electron chi connectivity index (χ3n) is 11.2. The number of rotatable bonds is 11. The zero-order valence-electron chi connectivity index (χ0n) is 32.3. The molecule has 0 aromatic heterocycles. The molecule has 0 bridgehead atoms. The molecule has 2 fully saturated rings. The van der Waals surface area contributed by atoms with Gasteiger partial charge in [0.05, 0.1) is 7.11 Å². The summed E-state index contributed by atoms with van der Waals surface area (Å²) in [4.78, 5) is 39.7. The number of carbonyl (C=O) groups excluding carboxylic acids is 3. The van der Waals surface area contributed by atoms with Crippen molar-refractivity contribution >= 4 is 26.3 Å². The van der Waals surface area contributed by atoms with E-state index in [2.05, 4.69) is 98.2 Å². The molecule has 2 aliphatic rings. The predicted molar refractivity (Wildman–Crippen MR) is 194 cm³/mol. The zero-order chi connectivity index (χ0) is 36.4. The lowest BCUT2D eigenvalue weighted by Crippen LogP contribution is -2.60. The van der Waals surface area contributed by atoms with Gasteiger partial charge in [0, 0.05) is 13.0 Å². The van der Waals surface area contributed by atoms with Crippen LogP contribution in [-0.4, -0.2) is 62.6 Å². The number of alkyl carbamates (subject to hydrolysis) is 1. The minimum atomic E-state index is -2.29. The van der Waals surface area contributed by atoms with Crippen LogP contribution in [0.1, 0.15) is 133 Å². The Kier molecular flexibility index (Phi) is 12.5. The number of hydrazine groups is 1. The molecule has 2 amide bonds. The number of esters is 1. The van der Waals surface area contributed by atoms with E-state index in [0.717, 1.165) is 24.2 Å². The molecule has 0 spiro atoms. The molecule has 1 aromatic rings. The van der Waals surface area contributed by atoms with Gasteiger partial charge >= 0.3 is 12.1 Å². The highest BCUT2D eigenvalue weighted by Gasteiger charge is 2.49. The smallest absolute Gasteiger partial charge is 0.408 e. The highest BCUT2D eigenvalue weighted by Crippen LogP contribution is 2.58. The van der Waals surface area contributed by atoms with Crippen LogP contribution in [0.3, 0.4) is 0 Å². The van der Waals surface area contributed by atoms with E-state index in [-0.39, 0.29) is 23.2 Å². The molecule has 2 atom stereocenters. The van der Waals surface area contributed by atoms with Gasteiger partial charge in [0.25, 0.3) is 14.2 Å². The molecule has 1 saturated heterocycles. The van der Waals surface area contributed by atoms with Crippen molar-refractivity contribution in [2.24, 2.45) is 10.8 Å². The largest absolute Gasteiger partial charge is 0.543 e. The van der Waals surface area contributed by atoms with Gasteiger partial charge in [0.15, 0.2) is 0 Å². The SMILES string of the molecule is COC(=O)[C@@H]1CCCN(C(=O)[C@H](Cc2cc(O[Si](C(C)C)(C(C)C)C(C)C)cc(C3CC(C)(C)C(C)(C)C3)c2)NC(=O)OC(C)(C)C)N1. The molecule has 1 aliphatic heterocycles. The van der Waals surface area contributed by atoms with E-state index in [4.69, 9.17) is 13.9 Å². The second-order valence-corrected chi connectivity index (χ2v) is 22.8. The molecule has 3 rings (SSSR count). The first kappa shape index (κ1) is 39.8. The van der Waals surface area contributed by atoms with E-state index in [1.54, 1.807) is 20.8 Å². The fraction of sp³-hybridized carbons (Fsp3) is 0.763. The summed E-state index contributed by atoms with van der Waals surface area (Å²) in [5, 5.41) is 4.32. The van der Waals surface area contributed by atoms with Gasteiger partial charge in [-0.15, -0.1) is 0 Å². The number of carbonyl (C=O) groups is 3. The van der Waals surface area contributed by atoms with Gasteiger partial charge in [0.2, 0.25) is 0 Å². The first-order valence-electron chi connectivity index (χ1n) is 18.0. The maximum atomic E-state index is 14.2. The summed E-state index contributed by atoms with van der Waals surface area (Å²) < 4.78 is 17.8. The molecular weight excluding hydrogens is 623 g/mol. The molecule has 1 saturated carbocycles. The highest BCUT2D eigenvalue weighted by atomic mass is 28.4. The molecule has 1 heterocycles. The van der Waals surface area contributed by atoms with Crippen LogP contribution >= 0.6 is 0 Å². The van der Waals surface area contributed by atoms with Crippen LogP contribution in [0.4, 0.5) is 4.79 Å². The van der Waals surface area contributed by atoms with Crippen LogP contribution < -0.4 is 15.2 Å². The molecule has 2 N–H and O–H groups in total. The number of hydrogen-bond donors (Lipinski definition) is 2. The minimum Gasteiger partial charge on any atom is -0.543 e. The average Bonchev–Trinajstić information content (AvgIpc) is 3.19. The zero-order valence-corrected chi connectivity index (χ0v) is 33.3. The Bertz CT molecular complexity index is 1260. The summed E-state index contributed by atoms with van der Waals surface area (Å²) in [5.74, 6) is 0.427. The van der Waals surface area contributed by atoms with Gasteiger partial charge in [-0.2, -0.15) is 0 Å². The Morgan fingerprint density at radius 1 is 0.958 bits per heavy atom. The molecule has 1 aromatic carbocycles. The molecular formula is C38H65N3O6Si. The van der Waals surface area contributed by atoms with Gasteiger partial charge in [-0.05, 0) is 103 Å². The number of nitrogens with zero attached hydrogens (tertiary/aromatic N) is 1. The van der Waals surface area contributed by atoms with E-state index in [1.165, 1.54) is 17.7 Å². The highest BCUT2D eigenvalue weighted by molar-refractivity contribution is 6.78. The van der Waals surface area contributed by atoms with Gasteiger partial charge in [-0.25, -0.2) is 10.2 Å². The maximum Gasteiger partial charge on any atom is 0.408 e. The van der Waals surface area contributed by atoms with Gasteiger partial charge in [-0.3, -0.25) is 14.6 Å². The van der Waals surface area contributed by atoms with Crippen LogP contribution in [0.25, 0.3) is 0 Å². The first-order chi connectivity index (χ1) is 22.0. The number of nitrogens with one attached hydrogen (secondary N) is 2. The molecule has 9 nitrogen and oxygen atoms in total. The normalized spacial score (nSPS) is 20.6. The number of benzene rings is 1. The number of amides is 2. The molecule has 1 aliphatic carbocycles. The molecule has 272 valence electrons. The van der Waals surface area contributed by atoms with Crippen molar-refractivity contribution in [2.75, 3.05) is 13.7 Å². The van der Waals surface area contributed by atoms with Crippen molar-refractivity contribution in [3.63, 3.8) is 0 Å². The predicted octanol–water partition coefficient (Wildman–Crippen LogP) is 8.28. The van der Waals surface area contributed by atoms with Crippen LogP contribution in [0.5, 0.6) is 5.75 Å². The van der Waals surface area contributed by atoms with Crippen molar-refractivity contribution in [1.82, 2.24) is 15.8 Å². The van der Waals surface area contributed by atoms with Crippen LogP contribution in [0, 0.1) is 10.8 Å². The monoisotopic (exact) mass is 687 g/mol. The second-order valence-electron chi connectivity index (χ2n) is 17.4. The van der Waals surface area contributed by atoms with E-state index < -0.39 is 38.1 Å². The summed E-state index contributed by atoms with van der Waals surface area (Å²) in [6, 6.07) is 4.95. The molecule has 0 unspecified atom stereocenters. The Hall–Kier alpha value is -2.59. The average molecular weight is 688 g/mol. The second kappa shape index (κ2) is 15.1. The Morgan fingerprint density at radius 2 is 1.52 bits per heavy atom. The topological polar surface area (TPSA) is 106 Å².